The molecular formula is C21H29N3. The number of benzene rings is 2. The molecule has 0 aromatic heterocycles. The van der Waals surface area contributed by atoms with E-state index in [1.807, 2.05) is 0 Å². The van der Waals surface area contributed by atoms with Crippen LogP contribution in [0.25, 0.3) is 0 Å². The van der Waals surface area contributed by atoms with E-state index in [1.54, 1.807) is 0 Å². The summed E-state index contributed by atoms with van der Waals surface area (Å²) in [4.78, 5) is 0. The first-order chi connectivity index (χ1) is 11.9. The molecule has 0 unspecified atom stereocenters. The van der Waals surface area contributed by atoms with Crippen LogP contribution in [0.5, 0.6) is 0 Å². The number of hydrazine groups is 1. The zero-order valence-electron chi connectivity index (χ0n) is 14.6. The van der Waals surface area contributed by atoms with E-state index in [0.29, 0.717) is 6.04 Å². The number of hydrogen-bond donors (Lipinski definition) is 2. The average molecular weight is 323 g/mol. The van der Waals surface area contributed by atoms with Crippen LogP contribution in [0.1, 0.15) is 43.4 Å². The molecule has 128 valence electrons. The Hall–Kier alpha value is -1.68. The first kappa shape index (κ1) is 17.2. The van der Waals surface area contributed by atoms with Gasteiger partial charge in [0.2, 0.25) is 0 Å². The first-order valence-electron chi connectivity index (χ1n) is 9.21. The van der Waals surface area contributed by atoms with Crippen molar-refractivity contribution in [1.29, 1.82) is 0 Å². The number of nitrogens with zero attached hydrogens (tertiary/aromatic N) is 1. The fourth-order valence-corrected chi connectivity index (χ4v) is 3.39. The molecule has 0 amide bonds. The largest absolute Gasteiger partial charge is 0.303 e. The van der Waals surface area contributed by atoms with Gasteiger partial charge in [0.1, 0.15) is 0 Å². The van der Waals surface area contributed by atoms with Gasteiger partial charge in [-0.3, -0.25) is 5.43 Å². The Morgan fingerprint density at radius 2 is 1.46 bits per heavy atom. The summed E-state index contributed by atoms with van der Waals surface area (Å²) in [7, 11) is 0. The van der Waals surface area contributed by atoms with E-state index in [4.69, 9.17) is 0 Å². The second-order valence-corrected chi connectivity index (χ2v) is 6.59. The van der Waals surface area contributed by atoms with Crippen LogP contribution in [0.4, 0.5) is 0 Å². The van der Waals surface area contributed by atoms with Crippen molar-refractivity contribution in [3.8, 4) is 0 Å². The zero-order valence-corrected chi connectivity index (χ0v) is 14.6. The molecule has 1 fully saturated rings. The summed E-state index contributed by atoms with van der Waals surface area (Å²) in [6.45, 7) is 5.53. The smallest absolute Gasteiger partial charge is 0.0578 e. The van der Waals surface area contributed by atoms with Gasteiger partial charge >= 0.3 is 0 Å². The molecule has 0 spiro atoms. The second kappa shape index (κ2) is 8.97. The second-order valence-electron chi connectivity index (χ2n) is 6.59. The van der Waals surface area contributed by atoms with Crippen molar-refractivity contribution in [1.82, 2.24) is 15.8 Å². The third-order valence-electron chi connectivity index (χ3n) is 4.75. The van der Waals surface area contributed by atoms with Crippen LogP contribution in [0, 0.1) is 0 Å². The summed E-state index contributed by atoms with van der Waals surface area (Å²) in [5, 5.41) is 6.29. The third-order valence-corrected chi connectivity index (χ3v) is 4.75. The highest BCUT2D eigenvalue weighted by Gasteiger charge is 2.23. The van der Waals surface area contributed by atoms with Crippen LogP contribution in [-0.4, -0.2) is 30.7 Å². The maximum Gasteiger partial charge on any atom is 0.0578 e. The van der Waals surface area contributed by atoms with Crippen molar-refractivity contribution in [2.75, 3.05) is 19.6 Å². The van der Waals surface area contributed by atoms with E-state index < -0.39 is 0 Å². The molecule has 0 radical (unpaired) electrons. The molecule has 0 bridgehead atoms. The molecule has 1 heterocycles. The van der Waals surface area contributed by atoms with Crippen LogP contribution in [0.2, 0.25) is 0 Å². The number of hydrogen-bond acceptors (Lipinski definition) is 3. The third kappa shape index (κ3) is 4.67. The van der Waals surface area contributed by atoms with Gasteiger partial charge in [-0.25, -0.2) is 5.01 Å². The van der Waals surface area contributed by atoms with Crippen LogP contribution in [0.3, 0.4) is 0 Å². The molecule has 3 heteroatoms. The van der Waals surface area contributed by atoms with Crippen molar-refractivity contribution >= 4 is 0 Å². The maximum atomic E-state index is 3.91. The SMILES string of the molecule is CCCNN1CCC(NC(c2ccccc2)c2ccccc2)CC1. The fraction of sp³-hybridized carbons (Fsp3) is 0.429. The van der Waals surface area contributed by atoms with Gasteiger partial charge in [-0.1, -0.05) is 67.6 Å². The molecule has 2 N–H and O–H groups in total. The highest BCUT2D eigenvalue weighted by atomic mass is 15.5. The first-order valence-corrected chi connectivity index (χ1v) is 9.21. The van der Waals surface area contributed by atoms with Gasteiger partial charge in [0.15, 0.2) is 0 Å². The van der Waals surface area contributed by atoms with Gasteiger partial charge in [-0.2, -0.15) is 0 Å². The highest BCUT2D eigenvalue weighted by Crippen LogP contribution is 2.24. The number of piperidine rings is 1. The summed E-state index contributed by atoms with van der Waals surface area (Å²) in [6.07, 6.45) is 3.56. The van der Waals surface area contributed by atoms with Gasteiger partial charge in [-0.15, -0.1) is 0 Å². The lowest BCUT2D eigenvalue weighted by Crippen LogP contribution is -2.49. The minimum absolute atomic E-state index is 0.271. The lowest BCUT2D eigenvalue weighted by atomic mass is 9.96. The van der Waals surface area contributed by atoms with E-state index in [0.717, 1.165) is 19.6 Å². The Labute approximate surface area is 146 Å². The van der Waals surface area contributed by atoms with Crippen LogP contribution in [-0.2, 0) is 0 Å². The normalized spacial score (nSPS) is 16.6. The minimum Gasteiger partial charge on any atom is -0.303 e. The van der Waals surface area contributed by atoms with Crippen molar-refractivity contribution in [3.05, 3.63) is 71.8 Å². The fourth-order valence-electron chi connectivity index (χ4n) is 3.39. The van der Waals surface area contributed by atoms with E-state index in [9.17, 15) is 0 Å². The molecule has 3 nitrogen and oxygen atoms in total. The summed E-state index contributed by atoms with van der Waals surface area (Å²) in [5.41, 5.74) is 6.20. The standard InChI is InChI=1S/C21H29N3/c1-2-15-22-24-16-13-20(14-17-24)23-21(18-9-5-3-6-10-18)19-11-7-4-8-12-19/h3-12,20-23H,2,13-17H2,1H3. The van der Waals surface area contributed by atoms with Gasteiger partial charge < -0.3 is 5.32 Å². The summed E-state index contributed by atoms with van der Waals surface area (Å²) < 4.78 is 0. The predicted octanol–water partition coefficient (Wildman–Crippen LogP) is 3.74. The zero-order chi connectivity index (χ0) is 16.6. The molecule has 1 aliphatic heterocycles. The Kier molecular flexibility index (Phi) is 6.41. The molecule has 0 atom stereocenters. The summed E-state index contributed by atoms with van der Waals surface area (Å²) in [5.74, 6) is 0. The van der Waals surface area contributed by atoms with Crippen molar-refractivity contribution in [3.63, 3.8) is 0 Å². The topological polar surface area (TPSA) is 27.3 Å². The lowest BCUT2D eigenvalue weighted by Gasteiger charge is -2.35. The molecule has 1 saturated heterocycles. The van der Waals surface area contributed by atoms with Crippen molar-refractivity contribution in [2.45, 2.75) is 38.3 Å². The van der Waals surface area contributed by atoms with E-state index >= 15 is 0 Å². The molecule has 1 aliphatic rings. The molecule has 3 rings (SSSR count). The molecule has 0 saturated carbocycles. The van der Waals surface area contributed by atoms with E-state index in [2.05, 4.69) is 83.3 Å². The molecule has 24 heavy (non-hydrogen) atoms. The molecular weight excluding hydrogens is 294 g/mol. The monoisotopic (exact) mass is 323 g/mol. The Bertz CT molecular complexity index is 537. The van der Waals surface area contributed by atoms with Gasteiger partial charge in [-0.05, 0) is 30.4 Å². The summed E-state index contributed by atoms with van der Waals surface area (Å²) >= 11 is 0. The van der Waals surface area contributed by atoms with E-state index in [1.165, 1.54) is 30.4 Å². The number of rotatable bonds is 7. The molecule has 0 aliphatic carbocycles. The average Bonchev–Trinajstić information content (AvgIpc) is 2.67. The van der Waals surface area contributed by atoms with Crippen LogP contribution in [0.15, 0.2) is 60.7 Å². The Balaban J connectivity index is 1.65. The minimum atomic E-state index is 0.271. The van der Waals surface area contributed by atoms with Gasteiger partial charge in [0.05, 0.1) is 6.04 Å². The van der Waals surface area contributed by atoms with Crippen molar-refractivity contribution < 1.29 is 0 Å². The maximum absolute atomic E-state index is 3.91. The lowest BCUT2D eigenvalue weighted by molar-refractivity contribution is 0.133. The van der Waals surface area contributed by atoms with E-state index in [-0.39, 0.29) is 6.04 Å². The molecule has 2 aromatic rings. The Morgan fingerprint density at radius 1 is 0.917 bits per heavy atom. The summed E-state index contributed by atoms with van der Waals surface area (Å²) in [6, 6.07) is 22.4. The van der Waals surface area contributed by atoms with Gasteiger partial charge in [0, 0.05) is 25.7 Å². The quantitative estimate of drug-likeness (QED) is 0.813. The van der Waals surface area contributed by atoms with Crippen LogP contribution < -0.4 is 10.7 Å². The van der Waals surface area contributed by atoms with Gasteiger partial charge in [0.25, 0.3) is 0 Å². The van der Waals surface area contributed by atoms with Crippen LogP contribution >= 0.6 is 0 Å². The molecule has 2 aromatic carbocycles. The Morgan fingerprint density at radius 3 is 1.96 bits per heavy atom. The highest BCUT2D eigenvalue weighted by molar-refractivity contribution is 5.31. The number of nitrogens with one attached hydrogen (secondary N) is 2. The predicted molar refractivity (Wildman–Crippen MR) is 101 cm³/mol. The van der Waals surface area contributed by atoms with Crippen molar-refractivity contribution in [2.24, 2.45) is 0 Å².